The number of para-hydroxylation sites is 2. The molecule has 2 heterocycles. The molecule has 3 aromatic rings. The van der Waals surface area contributed by atoms with Crippen LogP contribution in [0.5, 0.6) is 0 Å². The van der Waals surface area contributed by atoms with E-state index in [0.717, 1.165) is 16.6 Å². The van der Waals surface area contributed by atoms with Gasteiger partial charge in [-0.15, -0.1) is 0 Å². The molecule has 0 amide bonds. The van der Waals surface area contributed by atoms with Crippen LogP contribution in [0.1, 0.15) is 10.4 Å². The predicted octanol–water partition coefficient (Wildman–Crippen LogP) is 2.26. The number of rotatable bonds is 3. The van der Waals surface area contributed by atoms with Crippen LogP contribution in [0.2, 0.25) is 0 Å². The zero-order valence-electron chi connectivity index (χ0n) is 10.1. The minimum Gasteiger partial charge on any atom is -0.357 e. The Morgan fingerprint density at radius 1 is 1.28 bits per heavy atom. The highest BCUT2D eigenvalue weighted by Crippen LogP contribution is 2.13. The van der Waals surface area contributed by atoms with Gasteiger partial charge >= 0.3 is 0 Å². The number of nitrogens with zero attached hydrogens (tertiary/aromatic N) is 3. The van der Waals surface area contributed by atoms with E-state index in [0.29, 0.717) is 6.54 Å². The fourth-order valence-corrected chi connectivity index (χ4v) is 2.05. The summed E-state index contributed by atoms with van der Waals surface area (Å²) in [6, 6.07) is 9.65. The number of hydrogen-bond acceptors (Lipinski definition) is 2. The Bertz CT molecular complexity index is 708. The van der Waals surface area contributed by atoms with E-state index in [-0.39, 0.29) is 5.78 Å². The van der Waals surface area contributed by atoms with Gasteiger partial charge in [0.15, 0.2) is 5.78 Å². The van der Waals surface area contributed by atoms with E-state index in [1.54, 1.807) is 6.33 Å². The molecule has 0 aliphatic carbocycles. The van der Waals surface area contributed by atoms with Crippen molar-refractivity contribution >= 4 is 16.8 Å². The lowest BCUT2D eigenvalue weighted by Crippen LogP contribution is -2.08. The third-order valence-electron chi connectivity index (χ3n) is 3.00. The highest BCUT2D eigenvalue weighted by Gasteiger charge is 2.09. The van der Waals surface area contributed by atoms with E-state index < -0.39 is 0 Å². The average Bonchev–Trinajstić information content (AvgIpc) is 2.97. The van der Waals surface area contributed by atoms with Crippen LogP contribution in [-0.4, -0.2) is 19.9 Å². The van der Waals surface area contributed by atoms with Crippen molar-refractivity contribution in [3.8, 4) is 0 Å². The van der Waals surface area contributed by atoms with Crippen molar-refractivity contribution < 1.29 is 4.79 Å². The normalized spacial score (nSPS) is 10.9. The summed E-state index contributed by atoms with van der Waals surface area (Å²) in [6.45, 7) is 0.324. The second kappa shape index (κ2) is 4.14. The highest BCUT2D eigenvalue weighted by molar-refractivity contribution is 5.96. The monoisotopic (exact) mass is 239 g/mol. The zero-order chi connectivity index (χ0) is 12.5. The Balaban J connectivity index is 1.90. The van der Waals surface area contributed by atoms with Crippen molar-refractivity contribution in [1.82, 2.24) is 14.1 Å². The van der Waals surface area contributed by atoms with E-state index in [1.807, 2.05) is 58.9 Å². The van der Waals surface area contributed by atoms with Gasteiger partial charge in [0.1, 0.15) is 0 Å². The first-order chi connectivity index (χ1) is 8.74. The molecule has 0 saturated heterocycles. The highest BCUT2D eigenvalue weighted by atomic mass is 16.1. The maximum atomic E-state index is 12.1. The molecule has 0 atom stereocenters. The van der Waals surface area contributed by atoms with Crippen LogP contribution in [0, 0.1) is 0 Å². The Morgan fingerprint density at radius 2 is 2.11 bits per heavy atom. The van der Waals surface area contributed by atoms with Gasteiger partial charge in [0, 0.05) is 25.0 Å². The van der Waals surface area contributed by atoms with Gasteiger partial charge in [0.2, 0.25) is 0 Å². The van der Waals surface area contributed by atoms with Crippen LogP contribution < -0.4 is 0 Å². The minimum absolute atomic E-state index is 0.0961. The molecular weight excluding hydrogens is 226 g/mol. The van der Waals surface area contributed by atoms with Crippen LogP contribution in [-0.2, 0) is 13.6 Å². The summed E-state index contributed by atoms with van der Waals surface area (Å²) in [5.41, 5.74) is 2.63. The Hall–Kier alpha value is -2.36. The summed E-state index contributed by atoms with van der Waals surface area (Å²) in [5, 5.41) is 0. The van der Waals surface area contributed by atoms with Gasteiger partial charge in [0.25, 0.3) is 0 Å². The van der Waals surface area contributed by atoms with Gasteiger partial charge in [-0.1, -0.05) is 12.1 Å². The van der Waals surface area contributed by atoms with Crippen molar-refractivity contribution in [2.24, 2.45) is 7.05 Å². The van der Waals surface area contributed by atoms with Gasteiger partial charge in [0.05, 0.1) is 23.9 Å². The third-order valence-corrected chi connectivity index (χ3v) is 3.00. The molecule has 0 saturated carbocycles. The third kappa shape index (κ3) is 1.82. The summed E-state index contributed by atoms with van der Waals surface area (Å²) >= 11 is 0. The Morgan fingerprint density at radius 3 is 2.89 bits per heavy atom. The van der Waals surface area contributed by atoms with Crippen LogP contribution in [0.3, 0.4) is 0 Å². The molecule has 90 valence electrons. The first-order valence-corrected chi connectivity index (χ1v) is 5.79. The van der Waals surface area contributed by atoms with Gasteiger partial charge in [-0.25, -0.2) is 4.98 Å². The molecule has 3 rings (SSSR count). The summed E-state index contributed by atoms with van der Waals surface area (Å²) in [7, 11) is 1.91. The number of imidazole rings is 1. The molecule has 0 unspecified atom stereocenters. The van der Waals surface area contributed by atoms with E-state index >= 15 is 0 Å². The zero-order valence-corrected chi connectivity index (χ0v) is 10.1. The standard InChI is InChI=1S/C14H13N3O/c1-16-7-6-11(8-16)14(18)9-17-10-15-12-4-2-3-5-13(12)17/h2-8,10H,9H2,1H3. The molecule has 18 heavy (non-hydrogen) atoms. The lowest BCUT2D eigenvalue weighted by molar-refractivity contribution is 0.0973. The fourth-order valence-electron chi connectivity index (χ4n) is 2.05. The lowest BCUT2D eigenvalue weighted by atomic mass is 10.2. The molecule has 4 nitrogen and oxygen atoms in total. The Labute approximate surface area is 104 Å². The first kappa shape index (κ1) is 10.8. The number of aromatic nitrogens is 3. The van der Waals surface area contributed by atoms with Crippen molar-refractivity contribution in [3.63, 3.8) is 0 Å². The summed E-state index contributed by atoms with van der Waals surface area (Å²) in [4.78, 5) is 16.4. The van der Waals surface area contributed by atoms with E-state index in [4.69, 9.17) is 0 Å². The van der Waals surface area contributed by atoms with Crippen LogP contribution in [0.25, 0.3) is 11.0 Å². The fraction of sp³-hybridized carbons (Fsp3) is 0.143. The molecule has 0 N–H and O–H groups in total. The molecule has 0 radical (unpaired) electrons. The number of carbonyl (C=O) groups is 1. The van der Waals surface area contributed by atoms with Crippen molar-refractivity contribution in [2.75, 3.05) is 0 Å². The number of ketones is 1. The largest absolute Gasteiger partial charge is 0.357 e. The molecular formula is C14H13N3O. The number of carbonyl (C=O) groups excluding carboxylic acids is 1. The quantitative estimate of drug-likeness (QED) is 0.658. The predicted molar refractivity (Wildman–Crippen MR) is 69.5 cm³/mol. The van der Waals surface area contributed by atoms with Crippen molar-refractivity contribution in [2.45, 2.75) is 6.54 Å². The van der Waals surface area contributed by atoms with Crippen molar-refractivity contribution in [1.29, 1.82) is 0 Å². The van der Waals surface area contributed by atoms with Gasteiger partial charge in [-0.3, -0.25) is 4.79 Å². The van der Waals surface area contributed by atoms with Gasteiger partial charge in [-0.05, 0) is 18.2 Å². The number of hydrogen-bond donors (Lipinski definition) is 0. The molecule has 0 aliphatic heterocycles. The molecule has 0 fully saturated rings. The van der Waals surface area contributed by atoms with Gasteiger partial charge in [-0.2, -0.15) is 0 Å². The Kier molecular flexibility index (Phi) is 2.48. The van der Waals surface area contributed by atoms with E-state index in [2.05, 4.69) is 4.98 Å². The summed E-state index contributed by atoms with van der Waals surface area (Å²) < 4.78 is 3.75. The van der Waals surface area contributed by atoms with Crippen LogP contribution >= 0.6 is 0 Å². The maximum Gasteiger partial charge on any atom is 0.184 e. The van der Waals surface area contributed by atoms with Crippen LogP contribution in [0.4, 0.5) is 0 Å². The molecule has 2 aromatic heterocycles. The van der Waals surface area contributed by atoms with E-state index in [1.165, 1.54) is 0 Å². The molecule has 1 aromatic carbocycles. The smallest absolute Gasteiger partial charge is 0.184 e. The number of benzene rings is 1. The topological polar surface area (TPSA) is 39.8 Å². The molecule has 0 bridgehead atoms. The average molecular weight is 239 g/mol. The number of Topliss-reactive ketones (excluding diaryl/α,β-unsaturated/α-hetero) is 1. The SMILES string of the molecule is Cn1ccc(C(=O)Cn2cnc3ccccc32)c1. The maximum absolute atomic E-state index is 12.1. The first-order valence-electron chi connectivity index (χ1n) is 5.79. The molecule has 0 spiro atoms. The second-order valence-corrected chi connectivity index (χ2v) is 4.35. The van der Waals surface area contributed by atoms with Gasteiger partial charge < -0.3 is 9.13 Å². The summed E-state index contributed by atoms with van der Waals surface area (Å²) in [5.74, 6) is 0.0961. The summed E-state index contributed by atoms with van der Waals surface area (Å²) in [6.07, 6.45) is 5.42. The molecule has 0 aliphatic rings. The minimum atomic E-state index is 0.0961. The number of fused-ring (bicyclic) bond motifs is 1. The van der Waals surface area contributed by atoms with Crippen molar-refractivity contribution in [3.05, 3.63) is 54.6 Å². The second-order valence-electron chi connectivity index (χ2n) is 4.35. The number of aryl methyl sites for hydroxylation is 1. The molecule has 4 heteroatoms. The lowest BCUT2D eigenvalue weighted by Gasteiger charge is -2.02. The van der Waals surface area contributed by atoms with E-state index in [9.17, 15) is 4.79 Å². The van der Waals surface area contributed by atoms with Crippen LogP contribution in [0.15, 0.2) is 49.1 Å².